The lowest BCUT2D eigenvalue weighted by Gasteiger charge is -2.28. The number of nitrogens with one attached hydrogen (secondary N) is 2. The van der Waals surface area contributed by atoms with Crippen LogP contribution in [-0.2, 0) is 4.79 Å². The molecule has 0 atom stereocenters. The number of benzene rings is 3. The highest BCUT2D eigenvalue weighted by atomic mass is 16.1. The Hall–Kier alpha value is -3.01. The minimum atomic E-state index is -0.0473. The molecule has 2 N–H and O–H groups in total. The molecule has 0 saturated carbocycles. The van der Waals surface area contributed by atoms with Gasteiger partial charge in [-0.05, 0) is 66.4 Å². The van der Waals surface area contributed by atoms with E-state index in [4.69, 9.17) is 0 Å². The van der Waals surface area contributed by atoms with Gasteiger partial charge in [-0.25, -0.2) is 0 Å². The normalized spacial score (nSPS) is 14.1. The van der Waals surface area contributed by atoms with Gasteiger partial charge in [0.1, 0.15) is 0 Å². The highest BCUT2D eigenvalue weighted by Gasteiger charge is 2.11. The van der Waals surface area contributed by atoms with Crippen molar-refractivity contribution < 1.29 is 4.79 Å². The molecule has 0 aliphatic carbocycles. The third-order valence-electron chi connectivity index (χ3n) is 5.07. The molecule has 0 spiro atoms. The quantitative estimate of drug-likeness (QED) is 0.682. The summed E-state index contributed by atoms with van der Waals surface area (Å²) in [6, 6.07) is 22.5. The molecule has 4 heteroatoms. The number of hydrogen-bond acceptors (Lipinski definition) is 3. The Morgan fingerprint density at radius 2 is 1.52 bits per heavy atom. The second-order valence-corrected chi connectivity index (χ2v) is 7.06. The van der Waals surface area contributed by atoms with E-state index < -0.39 is 0 Å². The first-order valence-electron chi connectivity index (χ1n) is 9.65. The molecule has 4 rings (SSSR count). The van der Waals surface area contributed by atoms with Crippen molar-refractivity contribution in [3.8, 4) is 0 Å². The van der Waals surface area contributed by atoms with Gasteiger partial charge in [-0.1, -0.05) is 30.3 Å². The fraction of sp³-hybridized carbons (Fsp3) is 0.261. The van der Waals surface area contributed by atoms with Crippen molar-refractivity contribution in [2.75, 3.05) is 35.2 Å². The van der Waals surface area contributed by atoms with E-state index in [0.29, 0.717) is 0 Å². The third kappa shape index (κ3) is 4.40. The Balaban J connectivity index is 1.31. The molecule has 27 heavy (non-hydrogen) atoms. The SMILES string of the molecule is O=C(CNc1ccc2ccccc2c1)Nc1ccc(N2CCCCC2)cc1. The van der Waals surface area contributed by atoms with Crippen LogP contribution in [0.3, 0.4) is 0 Å². The average Bonchev–Trinajstić information content (AvgIpc) is 2.73. The van der Waals surface area contributed by atoms with Crippen molar-refractivity contribution in [1.29, 1.82) is 0 Å². The number of hydrogen-bond donors (Lipinski definition) is 2. The fourth-order valence-corrected chi connectivity index (χ4v) is 3.59. The van der Waals surface area contributed by atoms with Crippen LogP contribution in [0.5, 0.6) is 0 Å². The zero-order valence-corrected chi connectivity index (χ0v) is 15.4. The van der Waals surface area contributed by atoms with Crippen molar-refractivity contribution in [2.45, 2.75) is 19.3 Å². The molecule has 0 bridgehead atoms. The van der Waals surface area contributed by atoms with Gasteiger partial charge in [0.25, 0.3) is 0 Å². The van der Waals surface area contributed by atoms with Crippen LogP contribution in [0.25, 0.3) is 10.8 Å². The lowest BCUT2D eigenvalue weighted by Crippen LogP contribution is -2.29. The van der Waals surface area contributed by atoms with Gasteiger partial charge in [-0.15, -0.1) is 0 Å². The largest absolute Gasteiger partial charge is 0.376 e. The first kappa shape index (κ1) is 17.4. The topological polar surface area (TPSA) is 44.4 Å². The predicted octanol–water partition coefficient (Wildman–Crippen LogP) is 4.88. The molecular weight excluding hydrogens is 334 g/mol. The molecule has 1 heterocycles. The second-order valence-electron chi connectivity index (χ2n) is 7.06. The molecule has 138 valence electrons. The van der Waals surface area contributed by atoms with E-state index in [1.807, 2.05) is 30.3 Å². The summed E-state index contributed by atoms with van der Waals surface area (Å²) in [5, 5.41) is 8.52. The van der Waals surface area contributed by atoms with Gasteiger partial charge in [0.05, 0.1) is 6.54 Å². The second kappa shape index (κ2) is 8.12. The van der Waals surface area contributed by atoms with E-state index in [-0.39, 0.29) is 12.5 Å². The highest BCUT2D eigenvalue weighted by Crippen LogP contribution is 2.22. The zero-order chi connectivity index (χ0) is 18.5. The van der Waals surface area contributed by atoms with Crippen LogP contribution in [-0.4, -0.2) is 25.5 Å². The molecule has 1 aliphatic rings. The van der Waals surface area contributed by atoms with E-state index in [1.165, 1.54) is 30.3 Å². The lowest BCUT2D eigenvalue weighted by molar-refractivity contribution is -0.114. The number of rotatable bonds is 5. The monoisotopic (exact) mass is 359 g/mol. The molecule has 3 aromatic carbocycles. The lowest BCUT2D eigenvalue weighted by atomic mass is 10.1. The summed E-state index contributed by atoms with van der Waals surface area (Å²) in [6.07, 6.45) is 3.85. The third-order valence-corrected chi connectivity index (χ3v) is 5.07. The van der Waals surface area contributed by atoms with Crippen LogP contribution in [0.4, 0.5) is 17.1 Å². The van der Waals surface area contributed by atoms with Gasteiger partial charge in [0.15, 0.2) is 0 Å². The highest BCUT2D eigenvalue weighted by molar-refractivity contribution is 5.94. The fourth-order valence-electron chi connectivity index (χ4n) is 3.59. The van der Waals surface area contributed by atoms with E-state index in [1.54, 1.807) is 0 Å². The number of piperidine rings is 1. The van der Waals surface area contributed by atoms with E-state index in [0.717, 1.165) is 29.9 Å². The van der Waals surface area contributed by atoms with Crippen LogP contribution < -0.4 is 15.5 Å². The Bertz CT molecular complexity index is 914. The van der Waals surface area contributed by atoms with Crippen LogP contribution in [0.1, 0.15) is 19.3 Å². The summed E-state index contributed by atoms with van der Waals surface area (Å²) < 4.78 is 0. The zero-order valence-electron chi connectivity index (χ0n) is 15.4. The summed E-state index contributed by atoms with van der Waals surface area (Å²) in [5.74, 6) is -0.0473. The number of fused-ring (bicyclic) bond motifs is 1. The van der Waals surface area contributed by atoms with Crippen molar-refractivity contribution >= 4 is 33.7 Å². The van der Waals surface area contributed by atoms with Crippen molar-refractivity contribution in [1.82, 2.24) is 0 Å². The first-order chi connectivity index (χ1) is 13.3. The van der Waals surface area contributed by atoms with E-state index in [9.17, 15) is 4.79 Å². The summed E-state index contributed by atoms with van der Waals surface area (Å²) in [7, 11) is 0. The minimum Gasteiger partial charge on any atom is -0.376 e. The van der Waals surface area contributed by atoms with Gasteiger partial charge in [-0.2, -0.15) is 0 Å². The van der Waals surface area contributed by atoms with Crippen LogP contribution in [0.2, 0.25) is 0 Å². The van der Waals surface area contributed by atoms with Crippen molar-refractivity contribution in [3.63, 3.8) is 0 Å². The summed E-state index contributed by atoms with van der Waals surface area (Å²) in [6.45, 7) is 2.50. The number of anilines is 3. The minimum absolute atomic E-state index is 0.0473. The maximum atomic E-state index is 12.3. The number of carbonyl (C=O) groups excluding carboxylic acids is 1. The number of nitrogens with zero attached hydrogens (tertiary/aromatic N) is 1. The Morgan fingerprint density at radius 3 is 2.30 bits per heavy atom. The number of amides is 1. The Kier molecular flexibility index (Phi) is 5.24. The molecule has 1 saturated heterocycles. The summed E-state index contributed by atoms with van der Waals surface area (Å²) in [4.78, 5) is 14.7. The molecule has 0 aromatic heterocycles. The van der Waals surface area contributed by atoms with E-state index >= 15 is 0 Å². The average molecular weight is 359 g/mol. The first-order valence-corrected chi connectivity index (χ1v) is 9.65. The molecule has 1 amide bonds. The van der Waals surface area contributed by atoms with Gasteiger partial charge >= 0.3 is 0 Å². The van der Waals surface area contributed by atoms with Gasteiger partial charge in [0.2, 0.25) is 5.91 Å². The standard InChI is InChI=1S/C23H25N3O/c27-23(17-24-21-9-8-18-6-2-3-7-19(18)16-21)25-20-10-12-22(13-11-20)26-14-4-1-5-15-26/h2-3,6-13,16,24H,1,4-5,14-15,17H2,(H,25,27). The Labute approximate surface area is 160 Å². The van der Waals surface area contributed by atoms with Crippen LogP contribution in [0, 0.1) is 0 Å². The molecule has 0 radical (unpaired) electrons. The van der Waals surface area contributed by atoms with Crippen molar-refractivity contribution in [2.24, 2.45) is 0 Å². The van der Waals surface area contributed by atoms with Gasteiger partial charge < -0.3 is 15.5 Å². The molecule has 1 aliphatic heterocycles. The molecule has 4 nitrogen and oxygen atoms in total. The Morgan fingerprint density at radius 1 is 0.815 bits per heavy atom. The van der Waals surface area contributed by atoms with Crippen LogP contribution >= 0.6 is 0 Å². The number of carbonyl (C=O) groups is 1. The van der Waals surface area contributed by atoms with Crippen molar-refractivity contribution in [3.05, 3.63) is 66.7 Å². The smallest absolute Gasteiger partial charge is 0.243 e. The molecule has 3 aromatic rings. The summed E-state index contributed by atoms with van der Waals surface area (Å²) >= 11 is 0. The molecule has 0 unspecified atom stereocenters. The van der Waals surface area contributed by atoms with Gasteiger partial charge in [0, 0.05) is 30.2 Å². The van der Waals surface area contributed by atoms with Gasteiger partial charge in [-0.3, -0.25) is 4.79 Å². The maximum absolute atomic E-state index is 12.3. The predicted molar refractivity (Wildman–Crippen MR) is 114 cm³/mol. The molecule has 1 fully saturated rings. The van der Waals surface area contributed by atoms with Crippen LogP contribution in [0.15, 0.2) is 66.7 Å². The summed E-state index contributed by atoms with van der Waals surface area (Å²) in [5.41, 5.74) is 3.02. The molecular formula is C23H25N3O. The maximum Gasteiger partial charge on any atom is 0.243 e. The van der Waals surface area contributed by atoms with E-state index in [2.05, 4.69) is 51.9 Å².